The number of hydrogen-bond acceptors (Lipinski definition) is 3. The van der Waals surface area contributed by atoms with Gasteiger partial charge in [0.2, 0.25) is 0 Å². The van der Waals surface area contributed by atoms with E-state index in [0.717, 1.165) is 6.07 Å². The Balaban J connectivity index is 2.09. The highest BCUT2D eigenvalue weighted by atomic mass is 35.5. The van der Waals surface area contributed by atoms with Gasteiger partial charge in [-0.3, -0.25) is 20.4 Å². The first kappa shape index (κ1) is 15.8. The molecular weight excluding hydrogens is 311 g/mol. The molecule has 0 aromatic heterocycles. The fraction of sp³-hybridized carbons (Fsp3) is 0.0667. The third-order valence-corrected chi connectivity index (χ3v) is 3.05. The number of halogens is 2. The summed E-state index contributed by atoms with van der Waals surface area (Å²) in [6.07, 6.45) is 0. The average Bonchev–Trinajstić information content (AvgIpc) is 2.52. The lowest BCUT2D eigenvalue weighted by Crippen LogP contribution is -2.42. The molecule has 2 amide bonds. The Hall–Kier alpha value is -2.60. The zero-order valence-corrected chi connectivity index (χ0v) is 12.3. The summed E-state index contributed by atoms with van der Waals surface area (Å²) in [6, 6.07) is 9.91. The molecule has 2 aromatic carbocycles. The second-order valence-electron chi connectivity index (χ2n) is 4.23. The third-order valence-electron chi connectivity index (χ3n) is 2.81. The molecule has 0 saturated carbocycles. The molecule has 0 heterocycles. The van der Waals surface area contributed by atoms with Crippen molar-refractivity contribution in [3.8, 4) is 5.75 Å². The van der Waals surface area contributed by atoms with Gasteiger partial charge in [0.05, 0.1) is 18.2 Å². The summed E-state index contributed by atoms with van der Waals surface area (Å²) >= 11 is 5.82. The normalized spacial score (nSPS) is 9.95. The number of methoxy groups -OCH3 is 1. The zero-order chi connectivity index (χ0) is 16.1. The van der Waals surface area contributed by atoms with Crippen LogP contribution < -0.4 is 15.6 Å². The van der Waals surface area contributed by atoms with Gasteiger partial charge in [-0.1, -0.05) is 23.7 Å². The van der Waals surface area contributed by atoms with Crippen molar-refractivity contribution in [1.29, 1.82) is 0 Å². The second-order valence-corrected chi connectivity index (χ2v) is 4.67. The van der Waals surface area contributed by atoms with Crippen LogP contribution in [0.5, 0.6) is 5.75 Å². The number of rotatable bonds is 3. The highest BCUT2D eigenvalue weighted by molar-refractivity contribution is 6.31. The topological polar surface area (TPSA) is 67.4 Å². The highest BCUT2D eigenvalue weighted by Crippen LogP contribution is 2.22. The van der Waals surface area contributed by atoms with Crippen molar-refractivity contribution in [3.63, 3.8) is 0 Å². The van der Waals surface area contributed by atoms with Crippen LogP contribution in [-0.4, -0.2) is 18.9 Å². The van der Waals surface area contributed by atoms with Crippen LogP contribution in [0.4, 0.5) is 4.39 Å². The maximum atomic E-state index is 13.4. The molecule has 0 aliphatic carbocycles. The largest absolute Gasteiger partial charge is 0.496 e. The van der Waals surface area contributed by atoms with Gasteiger partial charge in [-0.25, -0.2) is 4.39 Å². The van der Waals surface area contributed by atoms with E-state index in [2.05, 4.69) is 10.9 Å². The molecule has 0 aliphatic heterocycles. The van der Waals surface area contributed by atoms with Gasteiger partial charge in [0.15, 0.2) is 0 Å². The maximum Gasteiger partial charge on any atom is 0.273 e. The molecule has 0 fully saturated rings. The van der Waals surface area contributed by atoms with Crippen LogP contribution in [0, 0.1) is 5.82 Å². The van der Waals surface area contributed by atoms with E-state index in [0.29, 0.717) is 10.8 Å². The summed E-state index contributed by atoms with van der Waals surface area (Å²) in [6.45, 7) is 0. The van der Waals surface area contributed by atoms with Gasteiger partial charge in [0.1, 0.15) is 11.6 Å². The van der Waals surface area contributed by atoms with E-state index in [1.54, 1.807) is 6.07 Å². The molecule has 0 atom stereocenters. The summed E-state index contributed by atoms with van der Waals surface area (Å²) in [7, 11) is 1.40. The van der Waals surface area contributed by atoms with E-state index in [4.69, 9.17) is 16.3 Å². The predicted octanol–water partition coefficient (Wildman–Crippen LogP) is 2.56. The first-order chi connectivity index (χ1) is 10.5. The smallest absolute Gasteiger partial charge is 0.273 e. The molecule has 0 saturated heterocycles. The molecule has 0 unspecified atom stereocenters. The van der Waals surface area contributed by atoms with Crippen LogP contribution in [0.2, 0.25) is 5.02 Å². The van der Waals surface area contributed by atoms with Crippen molar-refractivity contribution < 1.29 is 18.7 Å². The maximum absolute atomic E-state index is 13.4. The number of carbonyl (C=O) groups excluding carboxylic acids is 2. The van der Waals surface area contributed by atoms with Crippen molar-refractivity contribution in [2.45, 2.75) is 0 Å². The van der Waals surface area contributed by atoms with Crippen molar-refractivity contribution >= 4 is 23.4 Å². The number of hydrazine groups is 1. The first-order valence-corrected chi connectivity index (χ1v) is 6.59. The third kappa shape index (κ3) is 3.53. The Morgan fingerprint density at radius 1 is 1.05 bits per heavy atom. The van der Waals surface area contributed by atoms with Crippen molar-refractivity contribution in [3.05, 3.63) is 64.4 Å². The molecule has 114 valence electrons. The molecule has 2 N–H and O–H groups in total. The van der Waals surface area contributed by atoms with Gasteiger partial charge < -0.3 is 4.74 Å². The van der Waals surface area contributed by atoms with Gasteiger partial charge in [-0.05, 0) is 30.3 Å². The summed E-state index contributed by atoms with van der Waals surface area (Å²) < 4.78 is 18.5. The van der Waals surface area contributed by atoms with Gasteiger partial charge in [-0.2, -0.15) is 0 Å². The minimum Gasteiger partial charge on any atom is -0.496 e. The lowest BCUT2D eigenvalue weighted by atomic mass is 10.2. The molecule has 0 radical (unpaired) electrons. The fourth-order valence-electron chi connectivity index (χ4n) is 1.75. The molecular formula is C15H12ClFN2O3. The average molecular weight is 323 g/mol. The minimum atomic E-state index is -0.771. The SMILES string of the molecule is COc1ccc(Cl)cc1C(=O)NNC(=O)c1ccccc1F. The van der Waals surface area contributed by atoms with E-state index in [9.17, 15) is 14.0 Å². The van der Waals surface area contributed by atoms with E-state index < -0.39 is 17.6 Å². The van der Waals surface area contributed by atoms with Gasteiger partial charge in [0, 0.05) is 5.02 Å². The molecule has 2 rings (SSSR count). The molecule has 2 aromatic rings. The number of ether oxygens (including phenoxy) is 1. The monoisotopic (exact) mass is 322 g/mol. The lowest BCUT2D eigenvalue weighted by Gasteiger charge is -2.11. The van der Waals surface area contributed by atoms with E-state index >= 15 is 0 Å². The number of nitrogens with one attached hydrogen (secondary N) is 2. The van der Waals surface area contributed by atoms with Crippen LogP contribution in [0.15, 0.2) is 42.5 Å². The molecule has 5 nitrogen and oxygen atoms in total. The Labute approximate surface area is 131 Å². The predicted molar refractivity (Wildman–Crippen MR) is 79.3 cm³/mol. The molecule has 0 bridgehead atoms. The number of amides is 2. The lowest BCUT2D eigenvalue weighted by molar-refractivity contribution is 0.0842. The van der Waals surface area contributed by atoms with E-state index in [-0.39, 0.29) is 11.1 Å². The summed E-state index contributed by atoms with van der Waals surface area (Å²) in [4.78, 5) is 23.8. The van der Waals surface area contributed by atoms with Crippen molar-refractivity contribution in [1.82, 2.24) is 10.9 Å². The Bertz CT molecular complexity index is 722. The van der Waals surface area contributed by atoms with Crippen LogP contribution in [0.3, 0.4) is 0 Å². The molecule has 7 heteroatoms. The number of hydrogen-bond donors (Lipinski definition) is 2. The fourth-order valence-corrected chi connectivity index (χ4v) is 1.92. The Morgan fingerprint density at radius 3 is 2.32 bits per heavy atom. The molecule has 0 spiro atoms. The van der Waals surface area contributed by atoms with Crippen molar-refractivity contribution in [2.75, 3.05) is 7.11 Å². The standard InChI is InChI=1S/C15H12ClFN2O3/c1-22-13-7-6-9(16)8-11(13)15(21)19-18-14(20)10-4-2-3-5-12(10)17/h2-8H,1H3,(H,18,20)(H,19,21). The van der Waals surface area contributed by atoms with Gasteiger partial charge in [-0.15, -0.1) is 0 Å². The zero-order valence-electron chi connectivity index (χ0n) is 11.5. The molecule has 0 aliphatic rings. The van der Waals surface area contributed by atoms with E-state index in [1.807, 2.05) is 0 Å². The van der Waals surface area contributed by atoms with Crippen molar-refractivity contribution in [2.24, 2.45) is 0 Å². The van der Waals surface area contributed by atoms with E-state index in [1.165, 1.54) is 37.4 Å². The number of carbonyl (C=O) groups is 2. The summed E-state index contributed by atoms with van der Waals surface area (Å²) in [5, 5.41) is 0.339. The Morgan fingerprint density at radius 2 is 1.68 bits per heavy atom. The first-order valence-electron chi connectivity index (χ1n) is 6.21. The summed E-state index contributed by atoms with van der Waals surface area (Å²) in [5.41, 5.74) is 4.28. The highest BCUT2D eigenvalue weighted by Gasteiger charge is 2.15. The second kappa shape index (κ2) is 6.91. The van der Waals surface area contributed by atoms with Gasteiger partial charge in [0.25, 0.3) is 11.8 Å². The van der Waals surface area contributed by atoms with Crippen LogP contribution in [0.1, 0.15) is 20.7 Å². The summed E-state index contributed by atoms with van der Waals surface area (Å²) in [5.74, 6) is -1.80. The quantitative estimate of drug-likeness (QED) is 0.853. The van der Waals surface area contributed by atoms with Crippen LogP contribution in [0.25, 0.3) is 0 Å². The van der Waals surface area contributed by atoms with Crippen LogP contribution >= 0.6 is 11.6 Å². The molecule has 22 heavy (non-hydrogen) atoms. The Kier molecular flexibility index (Phi) is 4.95. The van der Waals surface area contributed by atoms with Gasteiger partial charge >= 0.3 is 0 Å². The minimum absolute atomic E-state index is 0.142. The number of benzene rings is 2. The van der Waals surface area contributed by atoms with Crippen LogP contribution in [-0.2, 0) is 0 Å².